The lowest BCUT2D eigenvalue weighted by molar-refractivity contribution is -0.140. The number of aliphatic hydroxyl groups is 1. The van der Waals surface area contributed by atoms with Crippen LogP contribution in [0.15, 0.2) is 54.2 Å². The van der Waals surface area contributed by atoms with Gasteiger partial charge in [0.2, 0.25) is 0 Å². The van der Waals surface area contributed by atoms with E-state index in [9.17, 15) is 14.7 Å². The summed E-state index contributed by atoms with van der Waals surface area (Å²) >= 11 is 0. The Hall–Kier alpha value is -2.86. The van der Waals surface area contributed by atoms with Crippen molar-refractivity contribution >= 4 is 17.4 Å². The molecule has 2 N–H and O–H groups in total. The predicted molar refractivity (Wildman–Crippen MR) is 94.8 cm³/mol. The van der Waals surface area contributed by atoms with Crippen molar-refractivity contribution in [3.8, 4) is 0 Å². The van der Waals surface area contributed by atoms with E-state index in [0.717, 1.165) is 0 Å². The van der Waals surface area contributed by atoms with Gasteiger partial charge in [-0.1, -0.05) is 30.3 Å². The van der Waals surface area contributed by atoms with Gasteiger partial charge < -0.3 is 19.9 Å². The Balaban J connectivity index is 2.09. The first-order chi connectivity index (χ1) is 12.0. The molecule has 0 aliphatic carbocycles. The first-order valence-electron chi connectivity index (χ1n) is 8.12. The summed E-state index contributed by atoms with van der Waals surface area (Å²) < 4.78 is 0. The number of benzene rings is 1. The number of nitrogens with zero attached hydrogens (tertiary/aromatic N) is 2. The van der Waals surface area contributed by atoms with Gasteiger partial charge in [-0.25, -0.2) is 0 Å². The Bertz CT molecular complexity index is 795. The smallest absolute Gasteiger partial charge is 0.295 e. The molecular formula is C19H21N3O3. The minimum Gasteiger partial charge on any atom is -0.507 e. The van der Waals surface area contributed by atoms with Gasteiger partial charge in [-0.05, 0) is 26.2 Å². The van der Waals surface area contributed by atoms with E-state index in [4.69, 9.17) is 0 Å². The Morgan fingerprint density at radius 3 is 2.48 bits per heavy atom. The quantitative estimate of drug-likeness (QED) is 0.496. The highest BCUT2D eigenvalue weighted by atomic mass is 16.3. The van der Waals surface area contributed by atoms with E-state index in [-0.39, 0.29) is 11.3 Å². The van der Waals surface area contributed by atoms with Crippen LogP contribution < -0.4 is 0 Å². The minimum atomic E-state index is -0.653. The molecule has 1 fully saturated rings. The van der Waals surface area contributed by atoms with Crippen molar-refractivity contribution < 1.29 is 14.7 Å². The third-order valence-corrected chi connectivity index (χ3v) is 4.29. The second kappa shape index (κ2) is 6.94. The van der Waals surface area contributed by atoms with Gasteiger partial charge in [-0.3, -0.25) is 9.59 Å². The second-order valence-electron chi connectivity index (χ2n) is 6.29. The molecule has 25 heavy (non-hydrogen) atoms. The average molecular weight is 339 g/mol. The maximum Gasteiger partial charge on any atom is 0.295 e. The van der Waals surface area contributed by atoms with Crippen LogP contribution in [0.4, 0.5) is 0 Å². The van der Waals surface area contributed by atoms with Gasteiger partial charge in [0.25, 0.3) is 11.7 Å². The topological polar surface area (TPSA) is 76.6 Å². The zero-order valence-corrected chi connectivity index (χ0v) is 14.3. The lowest BCUT2D eigenvalue weighted by Crippen LogP contribution is -2.35. The third kappa shape index (κ3) is 3.21. The molecule has 0 bridgehead atoms. The number of H-pyrrole nitrogens is 1. The number of carbonyl (C=O) groups is 2. The van der Waals surface area contributed by atoms with Gasteiger partial charge >= 0.3 is 0 Å². The number of aliphatic hydroxyl groups excluding tert-OH is 1. The number of Topliss-reactive ketones (excluding diaryl/α,β-unsaturated/α-hetero) is 1. The Kier molecular flexibility index (Phi) is 4.72. The highest BCUT2D eigenvalue weighted by Crippen LogP contribution is 2.38. The normalized spacial score (nSPS) is 19.8. The monoisotopic (exact) mass is 339 g/mol. The molecule has 1 aliphatic heterocycles. The molecular weight excluding hydrogens is 318 g/mol. The summed E-state index contributed by atoms with van der Waals surface area (Å²) in [5, 5.41) is 10.7. The summed E-state index contributed by atoms with van der Waals surface area (Å²) in [6.45, 7) is 1.02. The van der Waals surface area contributed by atoms with Crippen molar-refractivity contribution in [3.63, 3.8) is 0 Å². The molecule has 2 heterocycles. The summed E-state index contributed by atoms with van der Waals surface area (Å²) in [7, 11) is 3.81. The third-order valence-electron chi connectivity index (χ3n) is 4.29. The summed E-state index contributed by atoms with van der Waals surface area (Å²) in [5.41, 5.74) is 1.34. The Morgan fingerprint density at radius 2 is 1.88 bits per heavy atom. The molecule has 130 valence electrons. The van der Waals surface area contributed by atoms with Crippen molar-refractivity contribution in [2.24, 2.45) is 0 Å². The molecule has 6 nitrogen and oxygen atoms in total. The molecule has 0 saturated carbocycles. The van der Waals surface area contributed by atoms with Gasteiger partial charge in [0.05, 0.1) is 5.57 Å². The van der Waals surface area contributed by atoms with Gasteiger partial charge in [0, 0.05) is 30.5 Å². The van der Waals surface area contributed by atoms with Crippen LogP contribution in [0.3, 0.4) is 0 Å². The molecule has 0 radical (unpaired) electrons. The number of amides is 1. The molecule has 1 amide bonds. The molecule has 1 aliphatic rings. The summed E-state index contributed by atoms with van der Waals surface area (Å²) in [6.07, 6.45) is 1.74. The average Bonchev–Trinajstić information content (AvgIpc) is 3.21. The lowest BCUT2D eigenvalue weighted by atomic mass is 9.99. The minimum absolute atomic E-state index is 0.123. The summed E-state index contributed by atoms with van der Waals surface area (Å²) in [4.78, 5) is 31.7. The van der Waals surface area contributed by atoms with Gasteiger partial charge in [0.15, 0.2) is 0 Å². The highest BCUT2D eigenvalue weighted by Gasteiger charge is 2.46. The molecule has 2 aromatic rings. The van der Waals surface area contributed by atoms with Crippen molar-refractivity contribution in [2.75, 3.05) is 27.2 Å². The number of aromatic nitrogens is 1. The molecule has 1 atom stereocenters. The molecule has 1 unspecified atom stereocenters. The number of aromatic amines is 1. The molecule has 1 aromatic heterocycles. The Morgan fingerprint density at radius 1 is 1.16 bits per heavy atom. The van der Waals surface area contributed by atoms with E-state index in [0.29, 0.717) is 24.3 Å². The largest absolute Gasteiger partial charge is 0.507 e. The first-order valence-corrected chi connectivity index (χ1v) is 8.12. The van der Waals surface area contributed by atoms with Gasteiger partial charge in [0.1, 0.15) is 11.8 Å². The SMILES string of the molecule is CN(C)CCN1C(=O)C(=O)C(=C(O)c2ccccc2)C1c1ccc[nH]1. The number of likely N-dealkylation sites (tertiary alicyclic amines) is 1. The van der Waals surface area contributed by atoms with Crippen LogP contribution in [0.1, 0.15) is 17.3 Å². The number of ketones is 1. The fourth-order valence-corrected chi connectivity index (χ4v) is 3.01. The van der Waals surface area contributed by atoms with Crippen LogP contribution in [0, 0.1) is 0 Å². The number of hydrogen-bond donors (Lipinski definition) is 2. The van der Waals surface area contributed by atoms with E-state index in [1.165, 1.54) is 4.90 Å². The molecule has 6 heteroatoms. The van der Waals surface area contributed by atoms with Crippen molar-refractivity contribution in [2.45, 2.75) is 6.04 Å². The van der Waals surface area contributed by atoms with E-state index < -0.39 is 17.7 Å². The summed E-state index contributed by atoms with van der Waals surface area (Å²) in [5.74, 6) is -1.38. The fourth-order valence-electron chi connectivity index (χ4n) is 3.01. The Labute approximate surface area is 146 Å². The van der Waals surface area contributed by atoms with E-state index in [2.05, 4.69) is 4.98 Å². The number of hydrogen-bond acceptors (Lipinski definition) is 4. The van der Waals surface area contributed by atoms with E-state index >= 15 is 0 Å². The number of rotatable bonds is 5. The molecule has 1 saturated heterocycles. The van der Waals surface area contributed by atoms with Crippen LogP contribution in [0.2, 0.25) is 0 Å². The van der Waals surface area contributed by atoms with Crippen molar-refractivity contribution in [3.05, 3.63) is 65.5 Å². The predicted octanol–water partition coefficient (Wildman–Crippen LogP) is 2.00. The fraction of sp³-hybridized carbons (Fsp3) is 0.263. The lowest BCUT2D eigenvalue weighted by Gasteiger charge is -2.25. The number of carbonyl (C=O) groups excluding carboxylic acids is 2. The van der Waals surface area contributed by atoms with Gasteiger partial charge in [-0.2, -0.15) is 0 Å². The van der Waals surface area contributed by atoms with Crippen LogP contribution in [0.5, 0.6) is 0 Å². The maximum atomic E-state index is 12.6. The zero-order chi connectivity index (χ0) is 18.0. The van der Waals surface area contributed by atoms with Crippen molar-refractivity contribution in [1.29, 1.82) is 0 Å². The number of likely N-dealkylation sites (N-methyl/N-ethyl adjacent to an activating group) is 1. The standard InChI is InChI=1S/C19H21N3O3/c1-21(2)11-12-22-16(14-9-6-10-20-14)15(18(24)19(22)25)17(23)13-7-4-3-5-8-13/h3-10,16,20,23H,11-12H2,1-2H3. The van der Waals surface area contributed by atoms with E-state index in [1.807, 2.05) is 37.2 Å². The number of nitrogens with one attached hydrogen (secondary N) is 1. The first kappa shape index (κ1) is 17.0. The molecule has 1 aromatic carbocycles. The second-order valence-corrected chi connectivity index (χ2v) is 6.29. The highest BCUT2D eigenvalue weighted by molar-refractivity contribution is 6.46. The van der Waals surface area contributed by atoms with Crippen LogP contribution >= 0.6 is 0 Å². The van der Waals surface area contributed by atoms with Gasteiger partial charge in [-0.15, -0.1) is 0 Å². The van der Waals surface area contributed by atoms with Crippen LogP contribution in [-0.2, 0) is 9.59 Å². The van der Waals surface area contributed by atoms with E-state index in [1.54, 1.807) is 30.5 Å². The van der Waals surface area contributed by atoms with Crippen LogP contribution in [0.25, 0.3) is 5.76 Å². The van der Waals surface area contributed by atoms with Crippen LogP contribution in [-0.4, -0.2) is 58.8 Å². The van der Waals surface area contributed by atoms with Crippen molar-refractivity contribution in [1.82, 2.24) is 14.8 Å². The maximum absolute atomic E-state index is 12.6. The molecule has 0 spiro atoms. The molecule has 3 rings (SSSR count). The summed E-state index contributed by atoms with van der Waals surface area (Å²) in [6, 6.07) is 11.8. The zero-order valence-electron chi connectivity index (χ0n) is 14.3.